The number of thiazole rings is 1. The smallest absolute Gasteiger partial charge is 0.217 e. The predicted octanol–water partition coefficient (Wildman–Crippen LogP) is 2.54. The number of nitrogens with zero attached hydrogens (tertiary/aromatic N) is 1. The first-order valence-corrected chi connectivity index (χ1v) is 6.36. The van der Waals surface area contributed by atoms with Crippen LogP contribution in [0.5, 0.6) is 0 Å². The highest BCUT2D eigenvalue weighted by atomic mass is 32.1. The third-order valence-electron chi connectivity index (χ3n) is 2.01. The molecule has 0 aliphatic carbocycles. The van der Waals surface area contributed by atoms with Crippen LogP contribution >= 0.6 is 11.3 Å². The van der Waals surface area contributed by atoms with E-state index in [-0.39, 0.29) is 5.91 Å². The van der Waals surface area contributed by atoms with Crippen LogP contribution in [-0.4, -0.2) is 10.9 Å². The van der Waals surface area contributed by atoms with E-state index in [1.165, 1.54) is 18.3 Å². The number of hydrogen-bond acceptors (Lipinski definition) is 4. The fraction of sp³-hybridized carbons (Fsp3) is 0.333. The van der Waals surface area contributed by atoms with Crippen molar-refractivity contribution in [3.63, 3.8) is 0 Å². The summed E-state index contributed by atoms with van der Waals surface area (Å²) >= 11 is 1.45. The van der Waals surface area contributed by atoms with Gasteiger partial charge in [-0.3, -0.25) is 4.79 Å². The summed E-state index contributed by atoms with van der Waals surface area (Å²) in [5.74, 6) is -0.0288. The van der Waals surface area contributed by atoms with E-state index in [9.17, 15) is 4.79 Å². The molecule has 4 nitrogen and oxygen atoms in total. The maximum absolute atomic E-state index is 10.7. The molecule has 1 aromatic carbocycles. The second kappa shape index (κ2) is 6.20. The number of amides is 1. The Morgan fingerprint density at radius 1 is 1.47 bits per heavy atom. The van der Waals surface area contributed by atoms with Crippen molar-refractivity contribution in [3.05, 3.63) is 23.8 Å². The summed E-state index contributed by atoms with van der Waals surface area (Å²) in [6.45, 7) is 6.05. The molecule has 5 heteroatoms. The van der Waals surface area contributed by atoms with Gasteiger partial charge in [0, 0.05) is 13.5 Å². The topological polar surface area (TPSA) is 68.0 Å². The molecule has 0 fully saturated rings. The van der Waals surface area contributed by atoms with E-state index >= 15 is 0 Å². The molecule has 92 valence electrons. The zero-order valence-corrected chi connectivity index (χ0v) is 11.1. The van der Waals surface area contributed by atoms with Crippen LogP contribution in [-0.2, 0) is 11.3 Å². The quantitative estimate of drug-likeness (QED) is 0.861. The van der Waals surface area contributed by atoms with Crippen LogP contribution < -0.4 is 11.1 Å². The standard InChI is InChI=1S/C10H11N3OS.C2H6/c1-6(14)12-5-7-2-3-8-9(4-7)15-10(11)13-8;1-2/h2-4H,5H2,1H3,(H2,11,13)(H,12,14);1-2H3. The van der Waals surface area contributed by atoms with E-state index in [0.717, 1.165) is 15.8 Å². The zero-order chi connectivity index (χ0) is 12.8. The minimum absolute atomic E-state index is 0.0288. The van der Waals surface area contributed by atoms with Crippen LogP contribution in [0, 0.1) is 0 Å². The van der Waals surface area contributed by atoms with Crippen LogP contribution in [0.25, 0.3) is 10.2 Å². The Morgan fingerprint density at radius 3 is 2.82 bits per heavy atom. The summed E-state index contributed by atoms with van der Waals surface area (Å²) in [6.07, 6.45) is 0. The highest BCUT2D eigenvalue weighted by Gasteiger charge is 2.02. The molecule has 0 radical (unpaired) electrons. The lowest BCUT2D eigenvalue weighted by atomic mass is 10.2. The molecule has 2 rings (SSSR count). The number of nitrogens with two attached hydrogens (primary N) is 1. The minimum atomic E-state index is -0.0288. The Balaban J connectivity index is 0.000000686. The molecule has 0 atom stereocenters. The number of carbonyl (C=O) groups excluding carboxylic acids is 1. The average molecular weight is 251 g/mol. The van der Waals surface area contributed by atoms with Crippen molar-refractivity contribution in [1.29, 1.82) is 0 Å². The summed E-state index contributed by atoms with van der Waals surface area (Å²) in [7, 11) is 0. The van der Waals surface area contributed by atoms with Gasteiger partial charge in [0.2, 0.25) is 5.91 Å². The lowest BCUT2D eigenvalue weighted by molar-refractivity contribution is -0.119. The lowest BCUT2D eigenvalue weighted by Crippen LogP contribution is -2.18. The molecular weight excluding hydrogens is 234 g/mol. The van der Waals surface area contributed by atoms with E-state index in [0.29, 0.717) is 11.7 Å². The Morgan fingerprint density at radius 2 is 2.18 bits per heavy atom. The van der Waals surface area contributed by atoms with Gasteiger partial charge in [-0.05, 0) is 17.7 Å². The van der Waals surface area contributed by atoms with E-state index in [1.807, 2.05) is 32.0 Å². The number of rotatable bonds is 2. The highest BCUT2D eigenvalue weighted by Crippen LogP contribution is 2.24. The van der Waals surface area contributed by atoms with Gasteiger partial charge in [0.15, 0.2) is 5.13 Å². The minimum Gasteiger partial charge on any atom is -0.375 e. The Labute approximate surface area is 105 Å². The molecule has 0 saturated heterocycles. The lowest BCUT2D eigenvalue weighted by Gasteiger charge is -2.01. The summed E-state index contributed by atoms with van der Waals surface area (Å²) in [5, 5.41) is 3.32. The molecule has 1 heterocycles. The molecule has 1 amide bonds. The van der Waals surface area contributed by atoms with Gasteiger partial charge in [-0.2, -0.15) is 0 Å². The molecule has 0 saturated carbocycles. The van der Waals surface area contributed by atoms with E-state index < -0.39 is 0 Å². The number of carbonyl (C=O) groups is 1. The third kappa shape index (κ3) is 3.71. The Hall–Kier alpha value is -1.62. The second-order valence-electron chi connectivity index (χ2n) is 3.26. The van der Waals surface area contributed by atoms with Crippen LogP contribution in [0.2, 0.25) is 0 Å². The number of hydrogen-bond donors (Lipinski definition) is 2. The van der Waals surface area contributed by atoms with Crippen molar-refractivity contribution in [3.8, 4) is 0 Å². The third-order valence-corrected chi connectivity index (χ3v) is 2.86. The van der Waals surface area contributed by atoms with Crippen molar-refractivity contribution in [1.82, 2.24) is 10.3 Å². The predicted molar refractivity (Wildman–Crippen MR) is 72.9 cm³/mol. The first-order valence-electron chi connectivity index (χ1n) is 5.54. The average Bonchev–Trinajstić information content (AvgIpc) is 2.68. The molecule has 0 bridgehead atoms. The Kier molecular flexibility index (Phi) is 4.90. The van der Waals surface area contributed by atoms with Crippen molar-refractivity contribution >= 4 is 32.6 Å². The van der Waals surface area contributed by atoms with Crippen molar-refractivity contribution < 1.29 is 4.79 Å². The molecule has 3 N–H and O–H groups in total. The van der Waals surface area contributed by atoms with Crippen LogP contribution in [0.1, 0.15) is 26.3 Å². The number of nitrogen functional groups attached to an aromatic ring is 1. The zero-order valence-electron chi connectivity index (χ0n) is 10.3. The normalized spacial score (nSPS) is 9.59. The van der Waals surface area contributed by atoms with Gasteiger partial charge in [-0.25, -0.2) is 4.98 Å². The molecule has 0 aliphatic heterocycles. The van der Waals surface area contributed by atoms with Gasteiger partial charge in [0.1, 0.15) is 0 Å². The number of anilines is 1. The van der Waals surface area contributed by atoms with Gasteiger partial charge in [-0.15, -0.1) is 0 Å². The van der Waals surface area contributed by atoms with E-state index in [2.05, 4.69) is 10.3 Å². The molecular formula is C12H17N3OS. The van der Waals surface area contributed by atoms with E-state index in [1.54, 1.807) is 0 Å². The fourth-order valence-electron chi connectivity index (χ4n) is 1.32. The monoisotopic (exact) mass is 251 g/mol. The largest absolute Gasteiger partial charge is 0.375 e. The fourth-order valence-corrected chi connectivity index (χ4v) is 2.12. The molecule has 17 heavy (non-hydrogen) atoms. The number of fused-ring (bicyclic) bond motifs is 1. The molecule has 0 aliphatic rings. The molecule has 0 unspecified atom stereocenters. The van der Waals surface area contributed by atoms with Gasteiger partial charge in [-0.1, -0.05) is 31.3 Å². The molecule has 1 aromatic heterocycles. The van der Waals surface area contributed by atoms with Gasteiger partial charge < -0.3 is 11.1 Å². The van der Waals surface area contributed by atoms with Crippen molar-refractivity contribution in [2.24, 2.45) is 0 Å². The first kappa shape index (κ1) is 13.4. The van der Waals surface area contributed by atoms with Crippen molar-refractivity contribution in [2.45, 2.75) is 27.3 Å². The van der Waals surface area contributed by atoms with Crippen LogP contribution in [0.4, 0.5) is 5.13 Å². The summed E-state index contributed by atoms with van der Waals surface area (Å²) in [6, 6.07) is 5.86. The molecule has 2 aromatic rings. The van der Waals surface area contributed by atoms with Crippen LogP contribution in [0.15, 0.2) is 18.2 Å². The van der Waals surface area contributed by atoms with Crippen molar-refractivity contribution in [2.75, 3.05) is 5.73 Å². The van der Waals surface area contributed by atoms with Crippen LogP contribution in [0.3, 0.4) is 0 Å². The number of benzene rings is 1. The maximum atomic E-state index is 10.7. The number of nitrogens with one attached hydrogen (secondary N) is 1. The SMILES string of the molecule is CC.CC(=O)NCc1ccc2nc(N)sc2c1. The van der Waals surface area contributed by atoms with Gasteiger partial charge in [0.05, 0.1) is 10.2 Å². The first-order chi connectivity index (χ1) is 8.15. The summed E-state index contributed by atoms with van der Waals surface area (Å²) in [4.78, 5) is 14.9. The highest BCUT2D eigenvalue weighted by molar-refractivity contribution is 7.22. The summed E-state index contributed by atoms with van der Waals surface area (Å²) < 4.78 is 1.05. The maximum Gasteiger partial charge on any atom is 0.217 e. The molecule has 0 spiro atoms. The van der Waals surface area contributed by atoms with Gasteiger partial charge in [0.25, 0.3) is 0 Å². The summed E-state index contributed by atoms with van der Waals surface area (Å²) in [5.41, 5.74) is 7.56. The Bertz CT molecular complexity index is 507. The van der Waals surface area contributed by atoms with E-state index in [4.69, 9.17) is 5.73 Å². The second-order valence-corrected chi connectivity index (χ2v) is 4.33. The number of aromatic nitrogens is 1. The van der Waals surface area contributed by atoms with Gasteiger partial charge >= 0.3 is 0 Å².